The van der Waals surface area contributed by atoms with Crippen LogP contribution in [0.2, 0.25) is 0 Å². The molecule has 1 atom stereocenters. The molecular formula is C18H18BrNO. The maximum Gasteiger partial charge on any atom is 0.123 e. The second-order valence-electron chi connectivity index (χ2n) is 5.91. The van der Waals surface area contributed by atoms with Crippen molar-refractivity contribution in [2.75, 3.05) is 11.9 Å². The number of hydrogen-bond donors (Lipinski definition) is 1. The van der Waals surface area contributed by atoms with Crippen molar-refractivity contribution in [3.63, 3.8) is 0 Å². The van der Waals surface area contributed by atoms with Gasteiger partial charge in [-0.15, -0.1) is 0 Å². The van der Waals surface area contributed by atoms with Gasteiger partial charge in [-0.05, 0) is 66.3 Å². The molecule has 2 aliphatic rings. The third kappa shape index (κ3) is 2.67. The number of hydrogen-bond acceptors (Lipinski definition) is 2. The Bertz CT molecular complexity index is 683. The molecule has 0 aromatic heterocycles. The van der Waals surface area contributed by atoms with E-state index in [1.165, 1.54) is 41.6 Å². The summed E-state index contributed by atoms with van der Waals surface area (Å²) in [5.74, 6) is 1.03. The number of benzene rings is 2. The summed E-state index contributed by atoms with van der Waals surface area (Å²) >= 11 is 3.52. The lowest BCUT2D eigenvalue weighted by Crippen LogP contribution is -2.23. The molecule has 0 spiro atoms. The van der Waals surface area contributed by atoms with Crippen LogP contribution >= 0.6 is 15.9 Å². The standard InChI is InChI=1S/C18H18BrNO/c19-15-5-7-18-14(8-15)10-17(21-18)11-20-16-6-4-12-2-1-3-13(12)9-16/h4-9,17,20H,1-3,10-11H2. The van der Waals surface area contributed by atoms with Gasteiger partial charge in [-0.25, -0.2) is 0 Å². The van der Waals surface area contributed by atoms with Gasteiger partial charge in [-0.1, -0.05) is 22.0 Å². The molecule has 21 heavy (non-hydrogen) atoms. The first-order chi connectivity index (χ1) is 10.3. The maximum absolute atomic E-state index is 5.99. The van der Waals surface area contributed by atoms with E-state index in [-0.39, 0.29) is 6.10 Å². The molecule has 1 aliphatic heterocycles. The lowest BCUT2D eigenvalue weighted by Gasteiger charge is -2.13. The predicted octanol–water partition coefficient (Wildman–Crippen LogP) is 4.35. The smallest absolute Gasteiger partial charge is 0.123 e. The number of halogens is 1. The largest absolute Gasteiger partial charge is 0.488 e. The van der Waals surface area contributed by atoms with Gasteiger partial charge in [0.15, 0.2) is 0 Å². The number of nitrogens with one attached hydrogen (secondary N) is 1. The number of aryl methyl sites for hydroxylation is 2. The highest BCUT2D eigenvalue weighted by atomic mass is 79.9. The topological polar surface area (TPSA) is 21.3 Å². The van der Waals surface area contributed by atoms with Crippen LogP contribution in [0.1, 0.15) is 23.1 Å². The molecule has 2 nitrogen and oxygen atoms in total. The van der Waals surface area contributed by atoms with Crippen LogP contribution in [0.5, 0.6) is 5.75 Å². The molecule has 0 saturated carbocycles. The van der Waals surface area contributed by atoms with Gasteiger partial charge in [0, 0.05) is 16.6 Å². The summed E-state index contributed by atoms with van der Waals surface area (Å²) in [4.78, 5) is 0. The van der Waals surface area contributed by atoms with Crippen molar-refractivity contribution in [1.29, 1.82) is 0 Å². The Hall–Kier alpha value is -1.48. The van der Waals surface area contributed by atoms with Crippen LogP contribution in [0.25, 0.3) is 0 Å². The fraction of sp³-hybridized carbons (Fsp3) is 0.333. The third-order valence-corrected chi connectivity index (χ3v) is 4.89. The monoisotopic (exact) mass is 343 g/mol. The number of anilines is 1. The molecule has 0 bridgehead atoms. The van der Waals surface area contributed by atoms with Crippen LogP contribution in [-0.2, 0) is 19.3 Å². The van der Waals surface area contributed by atoms with Gasteiger partial charge in [0.1, 0.15) is 11.9 Å². The second-order valence-corrected chi connectivity index (χ2v) is 6.83. The van der Waals surface area contributed by atoms with Gasteiger partial charge in [-0.3, -0.25) is 0 Å². The molecule has 1 unspecified atom stereocenters. The van der Waals surface area contributed by atoms with Crippen LogP contribution in [0.3, 0.4) is 0 Å². The van der Waals surface area contributed by atoms with Crippen molar-refractivity contribution in [2.24, 2.45) is 0 Å². The van der Waals surface area contributed by atoms with E-state index in [2.05, 4.69) is 51.6 Å². The van der Waals surface area contributed by atoms with Crippen molar-refractivity contribution in [2.45, 2.75) is 31.8 Å². The summed E-state index contributed by atoms with van der Waals surface area (Å²) in [5.41, 5.74) is 5.55. The van der Waals surface area contributed by atoms with E-state index < -0.39 is 0 Å². The van der Waals surface area contributed by atoms with E-state index in [0.29, 0.717) is 0 Å². The van der Waals surface area contributed by atoms with E-state index in [1.54, 1.807) is 0 Å². The fourth-order valence-electron chi connectivity index (χ4n) is 3.32. The summed E-state index contributed by atoms with van der Waals surface area (Å²) in [6.45, 7) is 0.852. The summed E-state index contributed by atoms with van der Waals surface area (Å²) in [6, 6.07) is 13.0. The SMILES string of the molecule is Brc1ccc2c(c1)CC(CNc1ccc3c(c1)CCC3)O2. The predicted molar refractivity (Wildman–Crippen MR) is 89.2 cm³/mol. The van der Waals surface area contributed by atoms with Crippen molar-refractivity contribution in [3.05, 3.63) is 57.6 Å². The lowest BCUT2D eigenvalue weighted by atomic mass is 10.1. The van der Waals surface area contributed by atoms with Gasteiger partial charge in [0.2, 0.25) is 0 Å². The normalized spacial score (nSPS) is 19.0. The second kappa shape index (κ2) is 5.38. The minimum Gasteiger partial charge on any atom is -0.488 e. The highest BCUT2D eigenvalue weighted by Gasteiger charge is 2.22. The molecule has 1 heterocycles. The molecule has 0 amide bonds. The van der Waals surface area contributed by atoms with E-state index in [1.807, 2.05) is 6.07 Å². The maximum atomic E-state index is 5.99. The van der Waals surface area contributed by atoms with Crippen LogP contribution < -0.4 is 10.1 Å². The first-order valence-corrected chi connectivity index (χ1v) is 8.38. The Labute approximate surface area is 133 Å². The lowest BCUT2D eigenvalue weighted by molar-refractivity contribution is 0.246. The van der Waals surface area contributed by atoms with Gasteiger partial charge in [0.25, 0.3) is 0 Å². The van der Waals surface area contributed by atoms with Crippen molar-refractivity contribution >= 4 is 21.6 Å². The molecule has 0 saturated heterocycles. The van der Waals surface area contributed by atoms with Crippen LogP contribution in [0.4, 0.5) is 5.69 Å². The average molecular weight is 344 g/mol. The van der Waals surface area contributed by atoms with Gasteiger partial charge < -0.3 is 10.1 Å². The Kier molecular flexibility index (Phi) is 3.38. The molecular weight excluding hydrogens is 326 g/mol. The molecule has 3 heteroatoms. The zero-order chi connectivity index (χ0) is 14.2. The average Bonchev–Trinajstić information content (AvgIpc) is 3.09. The Morgan fingerprint density at radius 2 is 1.95 bits per heavy atom. The van der Waals surface area contributed by atoms with Crippen LogP contribution in [0, 0.1) is 0 Å². The first-order valence-electron chi connectivity index (χ1n) is 7.59. The quantitative estimate of drug-likeness (QED) is 0.894. The molecule has 4 rings (SSSR count). The Balaban J connectivity index is 1.40. The highest BCUT2D eigenvalue weighted by molar-refractivity contribution is 9.10. The van der Waals surface area contributed by atoms with Crippen LogP contribution in [0.15, 0.2) is 40.9 Å². The summed E-state index contributed by atoms with van der Waals surface area (Å²) in [5, 5.41) is 3.53. The van der Waals surface area contributed by atoms with Crippen molar-refractivity contribution in [1.82, 2.24) is 0 Å². The van der Waals surface area contributed by atoms with Gasteiger partial charge in [0.05, 0.1) is 6.54 Å². The summed E-state index contributed by atoms with van der Waals surface area (Å²) in [7, 11) is 0. The number of fused-ring (bicyclic) bond motifs is 2. The Morgan fingerprint density at radius 3 is 2.90 bits per heavy atom. The zero-order valence-electron chi connectivity index (χ0n) is 11.9. The summed E-state index contributed by atoms with van der Waals surface area (Å²) < 4.78 is 7.12. The van der Waals surface area contributed by atoms with Crippen LogP contribution in [-0.4, -0.2) is 12.6 Å². The van der Waals surface area contributed by atoms with Crippen molar-refractivity contribution in [3.8, 4) is 5.75 Å². The van der Waals surface area contributed by atoms with E-state index >= 15 is 0 Å². The van der Waals surface area contributed by atoms with E-state index in [0.717, 1.165) is 23.2 Å². The fourth-order valence-corrected chi connectivity index (χ4v) is 3.72. The molecule has 1 N–H and O–H groups in total. The van der Waals surface area contributed by atoms with Gasteiger partial charge in [-0.2, -0.15) is 0 Å². The number of ether oxygens (including phenoxy) is 1. The van der Waals surface area contributed by atoms with Gasteiger partial charge >= 0.3 is 0 Å². The third-order valence-electron chi connectivity index (χ3n) is 4.40. The van der Waals surface area contributed by atoms with Crippen molar-refractivity contribution < 1.29 is 4.74 Å². The van der Waals surface area contributed by atoms with E-state index in [9.17, 15) is 0 Å². The number of rotatable bonds is 3. The zero-order valence-corrected chi connectivity index (χ0v) is 13.4. The highest BCUT2D eigenvalue weighted by Crippen LogP contribution is 2.31. The molecule has 2 aromatic rings. The summed E-state index contributed by atoms with van der Waals surface area (Å²) in [6.07, 6.45) is 4.97. The molecule has 1 aliphatic carbocycles. The first kappa shape index (κ1) is 13.2. The Morgan fingerprint density at radius 1 is 1.05 bits per heavy atom. The minimum atomic E-state index is 0.225. The molecule has 0 radical (unpaired) electrons. The molecule has 2 aromatic carbocycles. The molecule has 0 fully saturated rings. The molecule has 108 valence electrons. The minimum absolute atomic E-state index is 0.225. The van der Waals surface area contributed by atoms with E-state index in [4.69, 9.17) is 4.74 Å².